The SMILES string of the molecule is CCc1ccccc1NC(=O)c1cccnc1.NC(=O)N=S(=O)=O. The quantitative estimate of drug-likeness (QED) is 0.876. The Morgan fingerprint density at radius 2 is 1.92 bits per heavy atom. The average Bonchev–Trinajstić information content (AvgIpc) is 2.55. The largest absolute Gasteiger partial charge is 0.353 e. The predicted octanol–water partition coefficient (Wildman–Crippen LogP) is 2.02. The summed E-state index contributed by atoms with van der Waals surface area (Å²) >= 11 is 0. The fraction of sp³-hybridized carbons (Fsp3) is 0.133. The van der Waals surface area contributed by atoms with Crippen molar-refractivity contribution >= 4 is 28.1 Å². The topological polar surface area (TPSA) is 132 Å². The van der Waals surface area contributed by atoms with Crippen molar-refractivity contribution in [1.29, 1.82) is 0 Å². The molecule has 3 N–H and O–H groups in total. The van der Waals surface area contributed by atoms with Crippen LogP contribution in [0.1, 0.15) is 22.8 Å². The van der Waals surface area contributed by atoms with E-state index in [1.165, 1.54) is 0 Å². The van der Waals surface area contributed by atoms with Crippen molar-refractivity contribution in [2.45, 2.75) is 13.3 Å². The van der Waals surface area contributed by atoms with Gasteiger partial charge in [0.25, 0.3) is 5.91 Å². The second-order valence-electron chi connectivity index (χ2n) is 4.35. The number of rotatable bonds is 3. The van der Waals surface area contributed by atoms with Gasteiger partial charge in [-0.3, -0.25) is 9.78 Å². The summed E-state index contributed by atoms with van der Waals surface area (Å²) in [4.78, 5) is 25.3. The van der Waals surface area contributed by atoms with Gasteiger partial charge in [0.15, 0.2) is 0 Å². The van der Waals surface area contributed by atoms with Gasteiger partial charge in [-0.05, 0) is 30.2 Å². The summed E-state index contributed by atoms with van der Waals surface area (Å²) in [7, 11) is -2.70. The fourth-order valence-electron chi connectivity index (χ4n) is 1.72. The zero-order chi connectivity index (χ0) is 17.9. The molecule has 0 saturated carbocycles. The molecule has 2 rings (SSSR count). The number of anilines is 1. The van der Waals surface area contributed by atoms with Gasteiger partial charge in [-0.25, -0.2) is 4.79 Å². The van der Waals surface area contributed by atoms with Gasteiger partial charge >= 0.3 is 16.5 Å². The molecule has 0 unspecified atom stereocenters. The van der Waals surface area contributed by atoms with E-state index in [9.17, 15) is 18.0 Å². The van der Waals surface area contributed by atoms with Crippen molar-refractivity contribution in [2.24, 2.45) is 10.1 Å². The number of carbonyl (C=O) groups is 2. The average molecular weight is 348 g/mol. The lowest BCUT2D eigenvalue weighted by atomic mass is 10.1. The minimum absolute atomic E-state index is 0.126. The Morgan fingerprint density at radius 1 is 1.21 bits per heavy atom. The third-order valence-corrected chi connectivity index (χ3v) is 3.06. The molecule has 8 nitrogen and oxygen atoms in total. The number of hydrogen-bond donors (Lipinski definition) is 2. The van der Waals surface area contributed by atoms with Gasteiger partial charge in [0, 0.05) is 18.1 Å². The highest BCUT2D eigenvalue weighted by Gasteiger charge is 2.07. The molecule has 0 atom stereocenters. The number of aromatic nitrogens is 1. The van der Waals surface area contributed by atoms with E-state index >= 15 is 0 Å². The van der Waals surface area contributed by atoms with Gasteiger partial charge in [-0.15, -0.1) is 0 Å². The molecule has 0 saturated heterocycles. The zero-order valence-electron chi connectivity index (χ0n) is 12.8. The summed E-state index contributed by atoms with van der Waals surface area (Å²) in [5.74, 6) is -0.126. The first kappa shape index (κ1) is 19.0. The first-order valence-corrected chi connectivity index (χ1v) is 7.87. The van der Waals surface area contributed by atoms with Crippen LogP contribution >= 0.6 is 0 Å². The number of benzene rings is 1. The molecule has 0 aliphatic heterocycles. The summed E-state index contributed by atoms with van der Waals surface area (Å²) in [5, 5.41) is 2.90. The van der Waals surface area contributed by atoms with Crippen LogP contribution in [0, 0.1) is 0 Å². The Kier molecular flexibility index (Phi) is 7.79. The maximum atomic E-state index is 11.9. The fourth-order valence-corrected chi connectivity index (χ4v) is 1.86. The minimum atomic E-state index is -2.70. The van der Waals surface area contributed by atoms with E-state index in [-0.39, 0.29) is 5.91 Å². The highest BCUT2D eigenvalue weighted by atomic mass is 32.2. The van der Waals surface area contributed by atoms with E-state index in [1.807, 2.05) is 24.3 Å². The lowest BCUT2D eigenvalue weighted by Crippen LogP contribution is -2.13. The molecule has 1 aromatic heterocycles. The number of hydrogen-bond acceptors (Lipinski definition) is 5. The van der Waals surface area contributed by atoms with Crippen molar-refractivity contribution in [2.75, 3.05) is 5.32 Å². The van der Waals surface area contributed by atoms with Crippen LogP contribution in [0.15, 0.2) is 53.2 Å². The van der Waals surface area contributed by atoms with Crippen molar-refractivity contribution in [3.05, 3.63) is 59.9 Å². The molecule has 0 spiro atoms. The standard InChI is InChI=1S/C14H14N2O.CH2N2O3S/c1-2-11-6-3-4-8-13(11)16-14(17)12-7-5-9-15-10-12;2-1(4)3-7(5)6/h3-10H,2H2,1H3,(H,16,17);(H2,2,4). The first-order chi connectivity index (χ1) is 11.4. The molecule has 126 valence electrons. The molecule has 24 heavy (non-hydrogen) atoms. The van der Waals surface area contributed by atoms with Gasteiger partial charge in [0.05, 0.1) is 5.56 Å². The van der Waals surface area contributed by atoms with E-state index < -0.39 is 16.5 Å². The maximum absolute atomic E-state index is 11.9. The van der Waals surface area contributed by atoms with Crippen molar-refractivity contribution < 1.29 is 18.0 Å². The first-order valence-electron chi connectivity index (χ1n) is 6.83. The second-order valence-corrected chi connectivity index (χ2v) is 4.97. The van der Waals surface area contributed by atoms with Crippen LogP contribution in [0.4, 0.5) is 10.5 Å². The molecular formula is C15H16N4O4S. The highest BCUT2D eigenvalue weighted by Crippen LogP contribution is 2.16. The number of amides is 3. The summed E-state index contributed by atoms with van der Waals surface area (Å²) in [5.41, 5.74) is 6.86. The lowest BCUT2D eigenvalue weighted by molar-refractivity contribution is 0.102. The van der Waals surface area contributed by atoms with E-state index in [0.717, 1.165) is 17.7 Å². The molecule has 1 heterocycles. The molecule has 0 bridgehead atoms. The number of nitrogens with one attached hydrogen (secondary N) is 1. The summed E-state index contributed by atoms with van der Waals surface area (Å²) in [6.07, 6.45) is 4.10. The summed E-state index contributed by atoms with van der Waals surface area (Å²) < 4.78 is 21.0. The van der Waals surface area contributed by atoms with Crippen molar-refractivity contribution in [3.8, 4) is 0 Å². The molecule has 0 aliphatic rings. The number of nitrogens with zero attached hydrogens (tertiary/aromatic N) is 2. The van der Waals surface area contributed by atoms with Crippen LogP contribution in [-0.2, 0) is 16.9 Å². The number of aryl methyl sites for hydroxylation is 1. The Morgan fingerprint density at radius 3 is 2.42 bits per heavy atom. The van der Waals surface area contributed by atoms with Crippen LogP contribution in [0.2, 0.25) is 0 Å². The van der Waals surface area contributed by atoms with E-state index in [4.69, 9.17) is 0 Å². The molecule has 0 fully saturated rings. The second kappa shape index (κ2) is 9.85. The predicted molar refractivity (Wildman–Crippen MR) is 88.9 cm³/mol. The van der Waals surface area contributed by atoms with E-state index in [0.29, 0.717) is 5.56 Å². The molecule has 3 amide bonds. The van der Waals surface area contributed by atoms with Crippen LogP contribution in [0.3, 0.4) is 0 Å². The van der Waals surface area contributed by atoms with E-state index in [1.54, 1.807) is 24.5 Å². The Hall–Kier alpha value is -3.07. The van der Waals surface area contributed by atoms with Crippen molar-refractivity contribution in [3.63, 3.8) is 0 Å². The monoisotopic (exact) mass is 348 g/mol. The molecule has 0 aliphatic carbocycles. The normalized spacial score (nSPS) is 9.21. The van der Waals surface area contributed by atoms with Crippen LogP contribution < -0.4 is 11.1 Å². The van der Waals surface area contributed by atoms with Gasteiger partial charge in [0.1, 0.15) is 0 Å². The highest BCUT2D eigenvalue weighted by molar-refractivity contribution is 7.62. The number of primary amides is 1. The Labute approximate surface area is 140 Å². The van der Waals surface area contributed by atoms with Crippen LogP contribution in [-0.4, -0.2) is 25.3 Å². The van der Waals surface area contributed by atoms with Crippen molar-refractivity contribution in [1.82, 2.24) is 4.98 Å². The minimum Gasteiger partial charge on any atom is -0.349 e. The zero-order valence-corrected chi connectivity index (χ0v) is 13.7. The summed E-state index contributed by atoms with van der Waals surface area (Å²) in [6.45, 7) is 2.06. The maximum Gasteiger partial charge on any atom is 0.353 e. The number of pyridine rings is 1. The lowest BCUT2D eigenvalue weighted by Gasteiger charge is -2.09. The molecule has 9 heteroatoms. The van der Waals surface area contributed by atoms with Gasteiger partial charge in [-0.1, -0.05) is 29.5 Å². The molecule has 2 aromatic rings. The van der Waals surface area contributed by atoms with Gasteiger partial charge in [0.2, 0.25) is 0 Å². The third-order valence-electron chi connectivity index (χ3n) is 2.73. The van der Waals surface area contributed by atoms with E-state index in [2.05, 4.69) is 27.3 Å². The third kappa shape index (κ3) is 6.79. The Balaban J connectivity index is 0.000000351. The number of para-hydroxylation sites is 1. The smallest absolute Gasteiger partial charge is 0.349 e. The van der Waals surface area contributed by atoms with Gasteiger partial charge < -0.3 is 11.1 Å². The van der Waals surface area contributed by atoms with Gasteiger partial charge in [-0.2, -0.15) is 8.42 Å². The van der Waals surface area contributed by atoms with Crippen LogP contribution in [0.5, 0.6) is 0 Å². The molecule has 1 aromatic carbocycles. The molecular weight excluding hydrogens is 332 g/mol. The molecule has 0 radical (unpaired) electrons. The summed E-state index contributed by atoms with van der Waals surface area (Å²) in [6, 6.07) is 10.1. The number of nitrogens with two attached hydrogens (primary N) is 1. The Bertz CT molecular complexity index is 828. The van der Waals surface area contributed by atoms with Crippen LogP contribution in [0.25, 0.3) is 0 Å². The number of urea groups is 1. The number of carbonyl (C=O) groups excluding carboxylic acids is 2.